The summed E-state index contributed by atoms with van der Waals surface area (Å²) >= 11 is 0. The van der Waals surface area contributed by atoms with Gasteiger partial charge in [-0.2, -0.15) is 0 Å². The van der Waals surface area contributed by atoms with E-state index in [1.54, 1.807) is 6.92 Å². The van der Waals surface area contributed by atoms with Gasteiger partial charge in [0.2, 0.25) is 12.0 Å². The van der Waals surface area contributed by atoms with Crippen LogP contribution in [0, 0.1) is 28.9 Å². The van der Waals surface area contributed by atoms with E-state index in [1.807, 2.05) is 0 Å². The van der Waals surface area contributed by atoms with Crippen molar-refractivity contribution in [2.45, 2.75) is 65.5 Å². The van der Waals surface area contributed by atoms with Crippen LogP contribution in [0.2, 0.25) is 0 Å². The van der Waals surface area contributed by atoms with E-state index in [-0.39, 0.29) is 6.10 Å². The van der Waals surface area contributed by atoms with Crippen molar-refractivity contribution in [1.29, 1.82) is 0 Å². The highest BCUT2D eigenvalue weighted by Crippen LogP contribution is 2.39. The van der Waals surface area contributed by atoms with Crippen LogP contribution in [0.1, 0.15) is 47.0 Å². The van der Waals surface area contributed by atoms with Crippen LogP contribution in [0.25, 0.3) is 0 Å². The molecule has 2 heterocycles. The zero-order chi connectivity index (χ0) is 16.0. The molecule has 0 amide bonds. The molecule has 0 N–H and O–H groups in total. The lowest BCUT2D eigenvalue weighted by Crippen LogP contribution is -2.40. The van der Waals surface area contributed by atoms with Crippen molar-refractivity contribution in [3.05, 3.63) is 5.21 Å². The van der Waals surface area contributed by atoms with E-state index in [1.165, 1.54) is 6.42 Å². The predicted octanol–water partition coefficient (Wildman–Crippen LogP) is 2.25. The number of hydrogen-bond donors (Lipinski definition) is 0. The lowest BCUT2D eigenvalue weighted by atomic mass is 9.75. The molecule has 1 saturated carbocycles. The third-order valence-electron chi connectivity index (χ3n) is 5.33. The second-order valence-electron chi connectivity index (χ2n) is 7.26. The van der Waals surface area contributed by atoms with Crippen molar-refractivity contribution in [2.75, 3.05) is 0 Å². The van der Waals surface area contributed by atoms with Gasteiger partial charge < -0.3 is 14.3 Å². The van der Waals surface area contributed by atoms with Gasteiger partial charge >= 0.3 is 5.97 Å². The molecular weight excluding hydrogens is 286 g/mol. The van der Waals surface area contributed by atoms with E-state index >= 15 is 0 Å². The molecule has 3 rings (SSSR count). The molecule has 2 aliphatic heterocycles. The normalized spacial score (nSPS) is 41.6. The first-order valence-electron chi connectivity index (χ1n) is 8.22. The molecule has 22 heavy (non-hydrogen) atoms. The minimum absolute atomic E-state index is 0.0637. The molecule has 1 aliphatic carbocycles. The minimum Gasteiger partial charge on any atom is -0.434 e. The van der Waals surface area contributed by atoms with E-state index in [0.717, 1.165) is 12.8 Å². The van der Waals surface area contributed by atoms with Gasteiger partial charge in [0, 0.05) is 11.8 Å². The summed E-state index contributed by atoms with van der Waals surface area (Å²) in [6.07, 6.45) is 1.82. The van der Waals surface area contributed by atoms with Gasteiger partial charge in [0.05, 0.1) is 6.10 Å². The molecule has 0 unspecified atom stereocenters. The molecule has 6 heteroatoms. The molecule has 6 nitrogen and oxygen atoms in total. The van der Waals surface area contributed by atoms with Gasteiger partial charge in [-0.05, 0) is 30.6 Å². The quantitative estimate of drug-likeness (QED) is 0.590. The average Bonchev–Trinajstić information content (AvgIpc) is 2.89. The molecule has 124 valence electrons. The van der Waals surface area contributed by atoms with Crippen molar-refractivity contribution in [3.63, 3.8) is 0 Å². The van der Waals surface area contributed by atoms with Crippen molar-refractivity contribution < 1.29 is 24.0 Å². The SMILES string of the molecule is CC1=[N+]([O-])O[C@@H]2C(=O)O[C@@H](O[C@@H]3C[C@H](C)CC[C@H]3C(C)C)[C@H]12. The van der Waals surface area contributed by atoms with Crippen LogP contribution in [-0.4, -0.2) is 35.1 Å². The summed E-state index contributed by atoms with van der Waals surface area (Å²) in [7, 11) is 0. The molecule has 0 aromatic carbocycles. The molecule has 0 aromatic rings. The Bertz CT molecular complexity index is 489. The third kappa shape index (κ3) is 2.57. The summed E-state index contributed by atoms with van der Waals surface area (Å²) in [4.78, 5) is 17.3. The molecule has 3 aliphatic rings. The lowest BCUT2D eigenvalue weighted by molar-refractivity contribution is -0.737. The Balaban J connectivity index is 1.75. The standard InChI is InChI=1S/C16H25NO5/c1-8(2)11-6-5-9(3)7-12(11)20-16-13-10(4)17(19)22-14(13)15(18)21-16/h8-9,11-14,16H,5-7H2,1-4H3/t9-,11+,12-,13-,14+,16-/m1/s1. The summed E-state index contributed by atoms with van der Waals surface area (Å²) in [5.74, 6) is 0.660. The van der Waals surface area contributed by atoms with E-state index in [4.69, 9.17) is 14.3 Å². The van der Waals surface area contributed by atoms with E-state index < -0.39 is 24.3 Å². The number of cyclic esters (lactones) is 1. The molecule has 1 saturated heterocycles. The van der Waals surface area contributed by atoms with Gasteiger partial charge in [0.1, 0.15) is 5.92 Å². The molecule has 6 atom stereocenters. The monoisotopic (exact) mass is 311 g/mol. The maximum atomic E-state index is 11.9. The first kappa shape index (κ1) is 15.6. The van der Waals surface area contributed by atoms with Crippen molar-refractivity contribution in [2.24, 2.45) is 23.7 Å². The number of hydrogen-bond acceptors (Lipinski definition) is 5. The van der Waals surface area contributed by atoms with Crippen LogP contribution in [-0.2, 0) is 19.1 Å². The Morgan fingerprint density at radius 3 is 2.77 bits per heavy atom. The fourth-order valence-corrected chi connectivity index (χ4v) is 3.93. The van der Waals surface area contributed by atoms with Gasteiger partial charge in [-0.25, -0.2) is 0 Å². The average molecular weight is 311 g/mol. The molecular formula is C16H25NO5. The van der Waals surface area contributed by atoms with Crippen molar-refractivity contribution in [1.82, 2.24) is 0 Å². The lowest BCUT2D eigenvalue weighted by Gasteiger charge is -2.38. The highest BCUT2D eigenvalue weighted by Gasteiger charge is 2.56. The second kappa shape index (κ2) is 5.72. The Hall–Kier alpha value is -1.30. The third-order valence-corrected chi connectivity index (χ3v) is 5.33. The number of carbonyl (C=O) groups excluding carboxylic acids is 1. The summed E-state index contributed by atoms with van der Waals surface area (Å²) in [5.41, 5.74) is 0.450. The Morgan fingerprint density at radius 2 is 2.09 bits per heavy atom. The summed E-state index contributed by atoms with van der Waals surface area (Å²) < 4.78 is 11.5. The van der Waals surface area contributed by atoms with Gasteiger partial charge in [-0.1, -0.05) is 27.2 Å². The van der Waals surface area contributed by atoms with Crippen LogP contribution < -0.4 is 0 Å². The maximum Gasteiger partial charge on any atom is 0.328 e. The summed E-state index contributed by atoms with van der Waals surface area (Å²) in [6.45, 7) is 8.30. The van der Waals surface area contributed by atoms with Crippen molar-refractivity contribution >= 4 is 11.7 Å². The predicted molar refractivity (Wildman–Crippen MR) is 78.8 cm³/mol. The van der Waals surface area contributed by atoms with Crippen LogP contribution in [0.3, 0.4) is 0 Å². The minimum atomic E-state index is -0.846. The number of nitrogens with zero attached hydrogens (tertiary/aromatic N) is 1. The maximum absolute atomic E-state index is 11.9. The summed E-state index contributed by atoms with van der Waals surface area (Å²) in [6, 6.07) is 0. The number of esters is 1. The zero-order valence-electron chi connectivity index (χ0n) is 13.7. The van der Waals surface area contributed by atoms with E-state index in [0.29, 0.717) is 28.4 Å². The topological polar surface area (TPSA) is 70.8 Å². The van der Waals surface area contributed by atoms with Crippen LogP contribution in [0.15, 0.2) is 0 Å². The van der Waals surface area contributed by atoms with Gasteiger partial charge in [0.15, 0.2) is 6.10 Å². The van der Waals surface area contributed by atoms with Gasteiger partial charge in [0.25, 0.3) is 0 Å². The van der Waals surface area contributed by atoms with E-state index in [2.05, 4.69) is 20.8 Å². The first-order valence-corrected chi connectivity index (χ1v) is 8.22. The smallest absolute Gasteiger partial charge is 0.328 e. The Kier molecular flexibility index (Phi) is 4.05. The highest BCUT2D eigenvalue weighted by atomic mass is 16.9. The highest BCUT2D eigenvalue weighted by molar-refractivity contribution is 5.91. The number of rotatable bonds is 3. The fraction of sp³-hybridized carbons (Fsp3) is 0.875. The Labute approximate surface area is 131 Å². The molecule has 0 spiro atoms. The van der Waals surface area contributed by atoms with Crippen LogP contribution >= 0.6 is 0 Å². The summed E-state index contributed by atoms with van der Waals surface area (Å²) in [5, 5.41) is 11.6. The molecule has 0 radical (unpaired) electrons. The van der Waals surface area contributed by atoms with E-state index in [9.17, 15) is 10.0 Å². The first-order chi connectivity index (χ1) is 10.4. The second-order valence-corrected chi connectivity index (χ2v) is 7.26. The van der Waals surface area contributed by atoms with Crippen LogP contribution in [0.5, 0.6) is 0 Å². The number of ether oxygens (including phenoxy) is 2. The number of fused-ring (bicyclic) bond motifs is 1. The molecule has 0 bridgehead atoms. The van der Waals surface area contributed by atoms with Gasteiger partial charge in [-0.3, -0.25) is 10.0 Å². The fourth-order valence-electron chi connectivity index (χ4n) is 3.93. The number of carbonyl (C=O) groups is 1. The van der Waals surface area contributed by atoms with Crippen molar-refractivity contribution in [3.8, 4) is 0 Å². The zero-order valence-corrected chi connectivity index (χ0v) is 13.7. The molecule has 2 fully saturated rings. The van der Waals surface area contributed by atoms with Crippen LogP contribution in [0.4, 0.5) is 0 Å². The van der Waals surface area contributed by atoms with Gasteiger partial charge in [-0.15, -0.1) is 0 Å². The largest absolute Gasteiger partial charge is 0.434 e. The molecule has 0 aromatic heterocycles. The Morgan fingerprint density at radius 1 is 1.36 bits per heavy atom.